The molecule has 0 bridgehead atoms. The van der Waals surface area contributed by atoms with Gasteiger partial charge in [-0.15, -0.1) is 0 Å². The van der Waals surface area contributed by atoms with Crippen LogP contribution in [-0.2, 0) is 0 Å². The molecule has 13 heteroatoms. The number of imide groups is 2. The number of ether oxygens (including phenoxy) is 2. The monoisotopic (exact) mass is 667 g/mol. The quantitative estimate of drug-likeness (QED) is 0.212. The SMILES string of the molecule is COc1ccc(NC(=O)c2ccc3c(c2)C(=O)N(c2cccc(N4C(=O)c5ccc(C(=O)Nc6ccc(OC)cc6)cc5C4=O)n2)C3=O)cc1. The second-order valence-corrected chi connectivity index (χ2v) is 11.1. The van der Waals surface area contributed by atoms with E-state index in [2.05, 4.69) is 15.6 Å². The summed E-state index contributed by atoms with van der Waals surface area (Å²) in [5.74, 6) is -2.86. The van der Waals surface area contributed by atoms with E-state index in [1.807, 2.05) is 0 Å². The van der Waals surface area contributed by atoms with Crippen LogP contribution in [0.25, 0.3) is 0 Å². The van der Waals surface area contributed by atoms with Crippen molar-refractivity contribution in [3.63, 3.8) is 0 Å². The Morgan fingerprint density at radius 3 is 1.28 bits per heavy atom. The van der Waals surface area contributed by atoms with Crippen molar-refractivity contribution in [1.29, 1.82) is 0 Å². The molecular weight excluding hydrogens is 642 g/mol. The molecule has 0 fully saturated rings. The fourth-order valence-corrected chi connectivity index (χ4v) is 5.60. The molecule has 0 unspecified atom stereocenters. The summed E-state index contributed by atoms with van der Waals surface area (Å²) in [6, 6.07) is 25.9. The number of aromatic nitrogens is 1. The van der Waals surface area contributed by atoms with Gasteiger partial charge in [0, 0.05) is 22.5 Å². The molecule has 13 nitrogen and oxygen atoms in total. The number of nitrogens with one attached hydrogen (secondary N) is 2. The van der Waals surface area contributed by atoms with E-state index in [-0.39, 0.29) is 45.0 Å². The van der Waals surface area contributed by atoms with Gasteiger partial charge in [0.25, 0.3) is 35.4 Å². The van der Waals surface area contributed by atoms with Crippen LogP contribution in [0.2, 0.25) is 0 Å². The van der Waals surface area contributed by atoms with Gasteiger partial charge in [0.1, 0.15) is 23.1 Å². The summed E-state index contributed by atoms with van der Waals surface area (Å²) < 4.78 is 10.3. The van der Waals surface area contributed by atoms with Crippen LogP contribution in [-0.4, -0.2) is 54.6 Å². The molecule has 6 amide bonds. The fourth-order valence-electron chi connectivity index (χ4n) is 5.60. The predicted molar refractivity (Wildman–Crippen MR) is 181 cm³/mol. The third kappa shape index (κ3) is 5.48. The molecule has 246 valence electrons. The van der Waals surface area contributed by atoms with E-state index in [0.29, 0.717) is 22.9 Å². The Labute approximate surface area is 284 Å². The smallest absolute Gasteiger partial charge is 0.267 e. The zero-order valence-electron chi connectivity index (χ0n) is 26.4. The molecule has 2 aliphatic rings. The summed E-state index contributed by atoms with van der Waals surface area (Å²) in [6.45, 7) is 0. The fraction of sp³-hybridized carbons (Fsp3) is 0.0541. The first kappa shape index (κ1) is 31.4. The highest BCUT2D eigenvalue weighted by Crippen LogP contribution is 2.33. The van der Waals surface area contributed by atoms with Gasteiger partial charge in [-0.3, -0.25) is 28.8 Å². The second-order valence-electron chi connectivity index (χ2n) is 11.1. The molecule has 50 heavy (non-hydrogen) atoms. The normalized spacial score (nSPS) is 13.2. The highest BCUT2D eigenvalue weighted by Gasteiger charge is 2.41. The Kier molecular flexibility index (Phi) is 7.84. The summed E-state index contributed by atoms with van der Waals surface area (Å²) in [5.41, 5.74) is 1.40. The predicted octanol–water partition coefficient (Wildman–Crippen LogP) is 5.20. The molecule has 2 N–H and O–H groups in total. The van der Waals surface area contributed by atoms with E-state index >= 15 is 0 Å². The Morgan fingerprint density at radius 1 is 0.520 bits per heavy atom. The summed E-state index contributed by atoms with van der Waals surface area (Å²) in [4.78, 5) is 85.8. The van der Waals surface area contributed by atoms with E-state index in [4.69, 9.17) is 9.47 Å². The average molecular weight is 668 g/mol. The van der Waals surface area contributed by atoms with Crippen LogP contribution in [0.3, 0.4) is 0 Å². The first-order valence-corrected chi connectivity index (χ1v) is 15.1. The van der Waals surface area contributed by atoms with Gasteiger partial charge in [-0.1, -0.05) is 6.07 Å². The van der Waals surface area contributed by atoms with Crippen molar-refractivity contribution in [3.05, 3.63) is 137 Å². The largest absolute Gasteiger partial charge is 0.497 e. The number of anilines is 4. The lowest BCUT2D eigenvalue weighted by atomic mass is 10.1. The van der Waals surface area contributed by atoms with Gasteiger partial charge in [-0.05, 0) is 97.1 Å². The maximum absolute atomic E-state index is 13.5. The van der Waals surface area contributed by atoms with E-state index in [9.17, 15) is 28.8 Å². The molecule has 0 spiro atoms. The second kappa shape index (κ2) is 12.5. The summed E-state index contributed by atoms with van der Waals surface area (Å²) in [6.07, 6.45) is 0. The Bertz CT molecular complexity index is 2110. The van der Waals surface area contributed by atoms with Gasteiger partial charge in [0.05, 0.1) is 36.5 Å². The van der Waals surface area contributed by atoms with E-state index in [1.54, 1.807) is 48.5 Å². The lowest BCUT2D eigenvalue weighted by molar-refractivity contribution is 0.0912. The summed E-state index contributed by atoms with van der Waals surface area (Å²) in [7, 11) is 3.06. The molecule has 0 saturated carbocycles. The number of carbonyl (C=O) groups is 6. The van der Waals surface area contributed by atoms with Gasteiger partial charge in [0.2, 0.25) is 0 Å². The summed E-state index contributed by atoms with van der Waals surface area (Å²) in [5, 5.41) is 5.47. The standard InChI is InChI=1S/C37H25N5O8/c1-49-24-12-8-22(9-13-24)38-32(43)20-6-16-26-28(18-20)36(47)41(34(26)45)30-4-3-5-31(40-30)42-35(46)27-17-7-21(19-29(27)37(42)48)33(44)39-23-10-14-25(50-2)15-11-23/h3-19H,1-2H3,(H,38,43)(H,39,44). The lowest BCUT2D eigenvalue weighted by Gasteiger charge is -2.17. The highest BCUT2D eigenvalue weighted by molar-refractivity contribution is 6.36. The number of fused-ring (bicyclic) bond motifs is 2. The maximum Gasteiger partial charge on any atom is 0.267 e. The van der Waals surface area contributed by atoms with Crippen molar-refractivity contribution in [2.24, 2.45) is 0 Å². The van der Waals surface area contributed by atoms with Crippen LogP contribution < -0.4 is 29.9 Å². The zero-order chi connectivity index (χ0) is 35.1. The van der Waals surface area contributed by atoms with Gasteiger partial charge >= 0.3 is 0 Å². The Morgan fingerprint density at radius 2 is 0.900 bits per heavy atom. The molecule has 0 aliphatic carbocycles. The van der Waals surface area contributed by atoms with Gasteiger partial charge < -0.3 is 20.1 Å². The molecule has 5 aromatic rings. The van der Waals surface area contributed by atoms with Crippen molar-refractivity contribution in [2.75, 3.05) is 34.7 Å². The van der Waals surface area contributed by atoms with E-state index < -0.39 is 35.4 Å². The number of rotatable bonds is 8. The number of carbonyl (C=O) groups excluding carboxylic acids is 6. The number of pyridine rings is 1. The molecule has 2 aliphatic heterocycles. The number of hydrogen-bond donors (Lipinski definition) is 2. The van der Waals surface area contributed by atoms with E-state index in [1.165, 1.54) is 68.8 Å². The highest BCUT2D eigenvalue weighted by atomic mass is 16.5. The number of nitrogens with zero attached hydrogens (tertiary/aromatic N) is 3. The topological polar surface area (TPSA) is 164 Å². The number of benzene rings is 4. The number of hydrogen-bond acceptors (Lipinski definition) is 9. The molecule has 4 aromatic carbocycles. The molecular formula is C37H25N5O8. The zero-order valence-corrected chi connectivity index (χ0v) is 26.4. The minimum Gasteiger partial charge on any atom is -0.497 e. The van der Waals surface area contributed by atoms with Crippen LogP contribution in [0.4, 0.5) is 23.0 Å². The minimum absolute atomic E-state index is 0.00856. The average Bonchev–Trinajstić information content (AvgIpc) is 3.55. The molecule has 3 heterocycles. The Hall–Kier alpha value is -7.15. The Balaban J connectivity index is 1.10. The van der Waals surface area contributed by atoms with Crippen molar-refractivity contribution in [1.82, 2.24) is 4.98 Å². The van der Waals surface area contributed by atoms with Gasteiger partial charge in [0.15, 0.2) is 0 Å². The maximum atomic E-state index is 13.5. The van der Waals surface area contributed by atoms with Crippen LogP contribution in [0.5, 0.6) is 11.5 Å². The molecule has 0 radical (unpaired) electrons. The van der Waals surface area contributed by atoms with Gasteiger partial charge in [-0.2, -0.15) is 0 Å². The van der Waals surface area contributed by atoms with Crippen molar-refractivity contribution in [3.8, 4) is 11.5 Å². The van der Waals surface area contributed by atoms with Crippen LogP contribution in [0.1, 0.15) is 62.1 Å². The minimum atomic E-state index is -0.733. The third-order valence-corrected chi connectivity index (χ3v) is 8.17. The number of amides is 6. The van der Waals surface area contributed by atoms with E-state index in [0.717, 1.165) is 9.80 Å². The molecule has 0 saturated heterocycles. The van der Waals surface area contributed by atoms with Crippen molar-refractivity contribution in [2.45, 2.75) is 0 Å². The first-order valence-electron chi connectivity index (χ1n) is 15.1. The summed E-state index contributed by atoms with van der Waals surface area (Å²) >= 11 is 0. The lowest BCUT2D eigenvalue weighted by Crippen LogP contribution is -2.33. The van der Waals surface area contributed by atoms with Crippen LogP contribution in [0, 0.1) is 0 Å². The molecule has 0 atom stereocenters. The van der Waals surface area contributed by atoms with Crippen molar-refractivity contribution < 1.29 is 38.2 Å². The molecule has 7 rings (SSSR count). The third-order valence-electron chi connectivity index (χ3n) is 8.17. The number of methoxy groups -OCH3 is 2. The molecule has 1 aromatic heterocycles. The first-order chi connectivity index (χ1) is 24.2. The van der Waals surface area contributed by atoms with Crippen LogP contribution >= 0.6 is 0 Å². The van der Waals surface area contributed by atoms with Gasteiger partial charge in [-0.25, -0.2) is 14.8 Å². The van der Waals surface area contributed by atoms with Crippen molar-refractivity contribution >= 4 is 58.5 Å². The van der Waals surface area contributed by atoms with Crippen LogP contribution in [0.15, 0.2) is 103 Å².